The van der Waals surface area contributed by atoms with Gasteiger partial charge in [-0.1, -0.05) is 17.2 Å². The van der Waals surface area contributed by atoms with Crippen LogP contribution in [0.15, 0.2) is 30.6 Å². The van der Waals surface area contributed by atoms with E-state index in [1.807, 2.05) is 24.0 Å². The summed E-state index contributed by atoms with van der Waals surface area (Å²) in [6.45, 7) is 4.22. The van der Waals surface area contributed by atoms with Crippen molar-refractivity contribution in [3.05, 3.63) is 41.7 Å². The van der Waals surface area contributed by atoms with Crippen LogP contribution < -0.4 is 0 Å². The van der Waals surface area contributed by atoms with E-state index in [0.29, 0.717) is 0 Å². The Morgan fingerprint density at radius 3 is 2.21 bits per heavy atom. The van der Waals surface area contributed by atoms with Gasteiger partial charge in [0, 0.05) is 25.0 Å². The molecule has 0 aliphatic rings. The first-order valence-electron chi connectivity index (χ1n) is 4.73. The predicted octanol–water partition coefficient (Wildman–Crippen LogP) is 2.70. The monoisotopic (exact) mass is 186 g/mol. The van der Waals surface area contributed by atoms with Gasteiger partial charge in [-0.15, -0.1) is 0 Å². The van der Waals surface area contributed by atoms with Gasteiger partial charge in [-0.3, -0.25) is 0 Å². The van der Waals surface area contributed by atoms with Crippen molar-refractivity contribution in [2.45, 2.75) is 13.8 Å². The zero-order valence-electron chi connectivity index (χ0n) is 8.78. The van der Waals surface area contributed by atoms with Crippen molar-refractivity contribution in [3.63, 3.8) is 0 Å². The molecule has 0 unspecified atom stereocenters. The van der Waals surface area contributed by atoms with Crippen LogP contribution in [0, 0.1) is 13.8 Å². The largest absolute Gasteiger partial charge is 0.334 e. The lowest BCUT2D eigenvalue weighted by Crippen LogP contribution is -1.92. The fraction of sp³-hybridized carbons (Fsp3) is 0.250. The van der Waals surface area contributed by atoms with Crippen molar-refractivity contribution in [1.82, 2.24) is 9.55 Å². The van der Waals surface area contributed by atoms with Gasteiger partial charge in [0.2, 0.25) is 0 Å². The molecule has 0 spiro atoms. The molecule has 1 aromatic carbocycles. The van der Waals surface area contributed by atoms with Gasteiger partial charge in [0.25, 0.3) is 0 Å². The van der Waals surface area contributed by atoms with Crippen molar-refractivity contribution in [2.24, 2.45) is 7.05 Å². The standard InChI is InChI=1S/C12H14N2/c1-9-6-10(2)8-11(7-9)12-13-4-5-14(12)3/h4-8H,1-3H3. The molecule has 0 fully saturated rings. The Balaban J connectivity index is 2.57. The lowest BCUT2D eigenvalue weighted by molar-refractivity contribution is 0.924. The molecule has 2 aromatic rings. The minimum Gasteiger partial charge on any atom is -0.334 e. The van der Waals surface area contributed by atoms with Gasteiger partial charge in [-0.25, -0.2) is 4.98 Å². The minimum atomic E-state index is 1.02. The normalized spacial score (nSPS) is 10.5. The number of nitrogens with zero attached hydrogens (tertiary/aromatic N) is 2. The highest BCUT2D eigenvalue weighted by Crippen LogP contribution is 2.19. The molecule has 2 rings (SSSR count). The molecule has 0 radical (unpaired) electrons. The molecule has 14 heavy (non-hydrogen) atoms. The first-order valence-corrected chi connectivity index (χ1v) is 4.73. The maximum absolute atomic E-state index is 4.33. The number of aromatic nitrogens is 2. The molecule has 0 saturated carbocycles. The summed E-state index contributed by atoms with van der Waals surface area (Å²) in [5.74, 6) is 1.02. The summed E-state index contributed by atoms with van der Waals surface area (Å²) in [6.07, 6.45) is 3.79. The van der Waals surface area contributed by atoms with E-state index >= 15 is 0 Å². The Morgan fingerprint density at radius 2 is 1.71 bits per heavy atom. The summed E-state index contributed by atoms with van der Waals surface area (Å²) in [5, 5.41) is 0. The third-order valence-electron chi connectivity index (χ3n) is 2.30. The maximum Gasteiger partial charge on any atom is 0.139 e. The summed E-state index contributed by atoms with van der Waals surface area (Å²) >= 11 is 0. The second-order valence-electron chi connectivity index (χ2n) is 3.74. The third-order valence-corrected chi connectivity index (χ3v) is 2.30. The molecule has 0 saturated heterocycles. The highest BCUT2D eigenvalue weighted by molar-refractivity contribution is 5.58. The first kappa shape index (κ1) is 9.00. The summed E-state index contributed by atoms with van der Waals surface area (Å²) in [6, 6.07) is 6.50. The number of hydrogen-bond acceptors (Lipinski definition) is 1. The Labute approximate surface area is 84.2 Å². The van der Waals surface area contributed by atoms with Crippen LogP contribution in [0.1, 0.15) is 11.1 Å². The molecule has 0 atom stereocenters. The quantitative estimate of drug-likeness (QED) is 0.669. The van der Waals surface area contributed by atoms with Crippen LogP contribution in [-0.2, 0) is 7.05 Å². The highest BCUT2D eigenvalue weighted by atomic mass is 15.0. The molecule has 0 amide bonds. The second-order valence-corrected chi connectivity index (χ2v) is 3.74. The number of rotatable bonds is 1. The summed E-state index contributed by atoms with van der Waals surface area (Å²) in [5.41, 5.74) is 3.75. The molecule has 0 aliphatic heterocycles. The lowest BCUT2D eigenvalue weighted by atomic mass is 10.1. The average Bonchev–Trinajstić information content (AvgIpc) is 2.49. The molecule has 0 N–H and O–H groups in total. The van der Waals surface area contributed by atoms with E-state index in [9.17, 15) is 0 Å². The summed E-state index contributed by atoms with van der Waals surface area (Å²) in [7, 11) is 2.01. The lowest BCUT2D eigenvalue weighted by Gasteiger charge is -2.04. The Kier molecular flexibility index (Phi) is 2.12. The van der Waals surface area contributed by atoms with Gasteiger partial charge in [0.1, 0.15) is 5.82 Å². The van der Waals surface area contributed by atoms with Crippen molar-refractivity contribution in [1.29, 1.82) is 0 Å². The molecule has 2 nitrogen and oxygen atoms in total. The molecule has 1 aromatic heterocycles. The van der Waals surface area contributed by atoms with Gasteiger partial charge in [0.05, 0.1) is 0 Å². The van der Waals surface area contributed by atoms with E-state index in [1.165, 1.54) is 16.7 Å². The number of aryl methyl sites for hydroxylation is 3. The molecular formula is C12H14N2. The molecule has 0 aliphatic carbocycles. The van der Waals surface area contributed by atoms with Crippen LogP contribution in [0.2, 0.25) is 0 Å². The number of hydrogen-bond donors (Lipinski definition) is 0. The number of imidazole rings is 1. The summed E-state index contributed by atoms with van der Waals surface area (Å²) in [4.78, 5) is 4.33. The van der Waals surface area contributed by atoms with E-state index in [4.69, 9.17) is 0 Å². The molecular weight excluding hydrogens is 172 g/mol. The highest BCUT2D eigenvalue weighted by Gasteiger charge is 2.03. The Bertz CT molecular complexity index is 435. The van der Waals surface area contributed by atoms with Gasteiger partial charge >= 0.3 is 0 Å². The minimum absolute atomic E-state index is 1.02. The van der Waals surface area contributed by atoms with Crippen LogP contribution in [0.25, 0.3) is 11.4 Å². The van der Waals surface area contributed by atoms with Crippen LogP contribution in [0.3, 0.4) is 0 Å². The second kappa shape index (κ2) is 3.29. The molecule has 2 heteroatoms. The van der Waals surface area contributed by atoms with Crippen LogP contribution in [0.4, 0.5) is 0 Å². The topological polar surface area (TPSA) is 17.8 Å². The van der Waals surface area contributed by atoms with Crippen molar-refractivity contribution < 1.29 is 0 Å². The third kappa shape index (κ3) is 1.55. The van der Waals surface area contributed by atoms with Gasteiger partial charge < -0.3 is 4.57 Å². The van der Waals surface area contributed by atoms with E-state index in [0.717, 1.165) is 5.82 Å². The van der Waals surface area contributed by atoms with Crippen LogP contribution >= 0.6 is 0 Å². The van der Waals surface area contributed by atoms with Crippen LogP contribution in [0.5, 0.6) is 0 Å². The van der Waals surface area contributed by atoms with Crippen molar-refractivity contribution in [2.75, 3.05) is 0 Å². The molecule has 1 heterocycles. The smallest absolute Gasteiger partial charge is 0.139 e. The zero-order chi connectivity index (χ0) is 10.1. The van der Waals surface area contributed by atoms with Crippen molar-refractivity contribution >= 4 is 0 Å². The van der Waals surface area contributed by atoms with Crippen LogP contribution in [-0.4, -0.2) is 9.55 Å². The van der Waals surface area contributed by atoms with Gasteiger partial charge in [-0.2, -0.15) is 0 Å². The SMILES string of the molecule is Cc1cc(C)cc(-c2nccn2C)c1. The van der Waals surface area contributed by atoms with E-state index < -0.39 is 0 Å². The van der Waals surface area contributed by atoms with E-state index in [2.05, 4.69) is 37.0 Å². The molecule has 0 bridgehead atoms. The first-order chi connectivity index (χ1) is 6.66. The molecule has 72 valence electrons. The van der Waals surface area contributed by atoms with Gasteiger partial charge in [-0.05, 0) is 26.0 Å². The average molecular weight is 186 g/mol. The van der Waals surface area contributed by atoms with Crippen molar-refractivity contribution in [3.8, 4) is 11.4 Å². The fourth-order valence-electron chi connectivity index (χ4n) is 1.75. The fourth-order valence-corrected chi connectivity index (χ4v) is 1.75. The van der Waals surface area contributed by atoms with E-state index in [-0.39, 0.29) is 0 Å². The zero-order valence-corrected chi connectivity index (χ0v) is 8.78. The number of benzene rings is 1. The maximum atomic E-state index is 4.33. The predicted molar refractivity (Wildman–Crippen MR) is 58.1 cm³/mol. The van der Waals surface area contributed by atoms with E-state index in [1.54, 1.807) is 0 Å². The Morgan fingerprint density at radius 1 is 1.07 bits per heavy atom. The van der Waals surface area contributed by atoms with Gasteiger partial charge in [0.15, 0.2) is 0 Å². The summed E-state index contributed by atoms with van der Waals surface area (Å²) < 4.78 is 2.04. The Hall–Kier alpha value is -1.57.